The highest BCUT2D eigenvalue weighted by atomic mass is 35.5. The number of anilines is 2. The highest BCUT2D eigenvalue weighted by molar-refractivity contribution is 6.30. The van der Waals surface area contributed by atoms with Crippen molar-refractivity contribution in [2.24, 2.45) is 0 Å². The molecule has 142 valence electrons. The summed E-state index contributed by atoms with van der Waals surface area (Å²) < 4.78 is 5.37. The SMILES string of the molecule is Cc1cc(Cl)ccc1Nc1cc(C2CC2)c(C(=O)NC2CCOCC2)cn1. The Morgan fingerprint density at radius 3 is 2.67 bits per heavy atom. The first kappa shape index (κ1) is 18.3. The van der Waals surface area contributed by atoms with E-state index in [1.807, 2.05) is 31.2 Å². The number of amides is 1. The highest BCUT2D eigenvalue weighted by Gasteiger charge is 2.29. The molecule has 1 saturated heterocycles. The van der Waals surface area contributed by atoms with Gasteiger partial charge in [0.2, 0.25) is 0 Å². The van der Waals surface area contributed by atoms with Gasteiger partial charge < -0.3 is 15.4 Å². The summed E-state index contributed by atoms with van der Waals surface area (Å²) in [6.45, 7) is 3.43. The molecule has 0 spiro atoms. The fourth-order valence-corrected chi connectivity index (χ4v) is 3.70. The summed E-state index contributed by atoms with van der Waals surface area (Å²) in [5, 5.41) is 7.21. The molecule has 2 N–H and O–H groups in total. The van der Waals surface area contributed by atoms with Crippen molar-refractivity contribution in [1.82, 2.24) is 10.3 Å². The number of carbonyl (C=O) groups is 1. The summed E-state index contributed by atoms with van der Waals surface area (Å²) in [6.07, 6.45) is 5.69. The number of hydrogen-bond donors (Lipinski definition) is 2. The van der Waals surface area contributed by atoms with Crippen molar-refractivity contribution in [2.75, 3.05) is 18.5 Å². The van der Waals surface area contributed by atoms with Crippen molar-refractivity contribution in [3.63, 3.8) is 0 Å². The highest BCUT2D eigenvalue weighted by Crippen LogP contribution is 2.42. The second-order valence-electron chi connectivity index (χ2n) is 7.38. The number of aryl methyl sites for hydroxylation is 1. The van der Waals surface area contributed by atoms with Gasteiger partial charge in [-0.05, 0) is 73.9 Å². The van der Waals surface area contributed by atoms with Gasteiger partial charge in [-0.15, -0.1) is 0 Å². The Labute approximate surface area is 164 Å². The van der Waals surface area contributed by atoms with Crippen LogP contribution in [-0.2, 0) is 4.74 Å². The molecule has 2 fully saturated rings. The molecule has 6 heteroatoms. The van der Waals surface area contributed by atoms with E-state index in [9.17, 15) is 4.79 Å². The molecule has 2 aromatic rings. The zero-order valence-electron chi connectivity index (χ0n) is 15.4. The molecule has 1 aliphatic carbocycles. The Morgan fingerprint density at radius 1 is 1.19 bits per heavy atom. The number of pyridine rings is 1. The molecule has 0 radical (unpaired) electrons. The van der Waals surface area contributed by atoms with Gasteiger partial charge in [0.25, 0.3) is 5.91 Å². The number of hydrogen-bond acceptors (Lipinski definition) is 4. The van der Waals surface area contributed by atoms with Gasteiger partial charge in [-0.2, -0.15) is 0 Å². The lowest BCUT2D eigenvalue weighted by Gasteiger charge is -2.23. The van der Waals surface area contributed by atoms with E-state index in [4.69, 9.17) is 16.3 Å². The van der Waals surface area contributed by atoms with Gasteiger partial charge in [-0.1, -0.05) is 11.6 Å². The summed E-state index contributed by atoms with van der Waals surface area (Å²) in [6, 6.07) is 7.93. The summed E-state index contributed by atoms with van der Waals surface area (Å²) in [5.41, 5.74) is 3.80. The number of aromatic nitrogens is 1. The van der Waals surface area contributed by atoms with E-state index < -0.39 is 0 Å². The second kappa shape index (κ2) is 7.87. The Hall–Kier alpha value is -2.11. The van der Waals surface area contributed by atoms with Crippen LogP contribution in [0.25, 0.3) is 0 Å². The maximum absolute atomic E-state index is 12.8. The number of halogens is 1. The molecule has 1 saturated carbocycles. The van der Waals surface area contributed by atoms with E-state index in [2.05, 4.69) is 15.6 Å². The zero-order valence-corrected chi connectivity index (χ0v) is 16.2. The van der Waals surface area contributed by atoms with Crippen LogP contribution in [0.5, 0.6) is 0 Å². The minimum atomic E-state index is -0.0227. The third-order valence-corrected chi connectivity index (χ3v) is 5.44. The van der Waals surface area contributed by atoms with E-state index in [0.717, 1.165) is 48.3 Å². The van der Waals surface area contributed by atoms with Gasteiger partial charge in [-0.25, -0.2) is 4.98 Å². The molecule has 1 amide bonds. The van der Waals surface area contributed by atoms with Crippen LogP contribution in [0.3, 0.4) is 0 Å². The first-order valence-corrected chi connectivity index (χ1v) is 9.89. The molecule has 0 bridgehead atoms. The van der Waals surface area contributed by atoms with Gasteiger partial charge in [-0.3, -0.25) is 4.79 Å². The van der Waals surface area contributed by atoms with Crippen molar-refractivity contribution in [3.05, 3.63) is 52.2 Å². The fraction of sp³-hybridized carbons (Fsp3) is 0.429. The lowest BCUT2D eigenvalue weighted by molar-refractivity contribution is 0.0696. The average Bonchev–Trinajstić information content (AvgIpc) is 3.50. The molecule has 4 rings (SSSR count). The van der Waals surface area contributed by atoms with E-state index in [0.29, 0.717) is 29.7 Å². The summed E-state index contributed by atoms with van der Waals surface area (Å²) in [7, 11) is 0. The van der Waals surface area contributed by atoms with Crippen LogP contribution in [0.2, 0.25) is 5.02 Å². The predicted molar refractivity (Wildman–Crippen MR) is 107 cm³/mol. The summed E-state index contributed by atoms with van der Waals surface area (Å²) in [5.74, 6) is 1.19. The lowest BCUT2D eigenvalue weighted by Crippen LogP contribution is -2.39. The van der Waals surface area contributed by atoms with Crippen molar-refractivity contribution in [3.8, 4) is 0 Å². The van der Waals surface area contributed by atoms with Gasteiger partial charge >= 0.3 is 0 Å². The third kappa shape index (κ3) is 4.42. The Bertz CT molecular complexity index is 845. The third-order valence-electron chi connectivity index (χ3n) is 5.21. The number of carbonyl (C=O) groups excluding carboxylic acids is 1. The maximum atomic E-state index is 12.8. The Balaban J connectivity index is 1.54. The van der Waals surface area contributed by atoms with E-state index >= 15 is 0 Å². The minimum absolute atomic E-state index is 0.0227. The molecule has 0 atom stereocenters. The normalized spacial score (nSPS) is 17.6. The standard InChI is InChI=1S/C21H24ClN3O2/c1-13-10-15(22)4-5-19(13)25-20-11-17(14-2-3-14)18(12-23-20)21(26)24-16-6-8-27-9-7-16/h4-5,10-12,14,16H,2-3,6-9H2,1H3,(H,23,25)(H,24,26). The van der Waals surface area contributed by atoms with Crippen LogP contribution in [-0.4, -0.2) is 30.1 Å². The molecular weight excluding hydrogens is 362 g/mol. The first-order valence-electron chi connectivity index (χ1n) is 9.52. The van der Waals surface area contributed by atoms with Crippen LogP contribution >= 0.6 is 11.6 Å². The molecule has 2 aliphatic rings. The number of benzene rings is 1. The smallest absolute Gasteiger partial charge is 0.253 e. The first-order chi connectivity index (χ1) is 13.1. The number of nitrogens with zero attached hydrogens (tertiary/aromatic N) is 1. The van der Waals surface area contributed by atoms with Gasteiger partial charge in [0.05, 0.1) is 5.56 Å². The molecular formula is C21H24ClN3O2. The Kier molecular flexibility index (Phi) is 5.32. The average molecular weight is 386 g/mol. The van der Waals surface area contributed by atoms with Crippen molar-refractivity contribution in [1.29, 1.82) is 0 Å². The molecule has 27 heavy (non-hydrogen) atoms. The number of ether oxygens (including phenoxy) is 1. The predicted octanol–water partition coefficient (Wildman–Crippen LogP) is 4.57. The monoisotopic (exact) mass is 385 g/mol. The topological polar surface area (TPSA) is 63.2 Å². The van der Waals surface area contributed by atoms with Crippen LogP contribution in [0.4, 0.5) is 11.5 Å². The largest absolute Gasteiger partial charge is 0.381 e. The van der Waals surface area contributed by atoms with E-state index in [1.165, 1.54) is 0 Å². The minimum Gasteiger partial charge on any atom is -0.381 e. The lowest BCUT2D eigenvalue weighted by atomic mass is 10.0. The second-order valence-corrected chi connectivity index (χ2v) is 7.81. The summed E-state index contributed by atoms with van der Waals surface area (Å²) in [4.78, 5) is 17.3. The fourth-order valence-electron chi connectivity index (χ4n) is 3.47. The van der Waals surface area contributed by atoms with Gasteiger partial charge in [0.15, 0.2) is 0 Å². The molecule has 5 nitrogen and oxygen atoms in total. The maximum Gasteiger partial charge on any atom is 0.253 e. The Morgan fingerprint density at radius 2 is 1.96 bits per heavy atom. The van der Waals surface area contributed by atoms with E-state index in [-0.39, 0.29) is 11.9 Å². The molecule has 1 aromatic carbocycles. The van der Waals surface area contributed by atoms with Crippen LogP contribution in [0.15, 0.2) is 30.5 Å². The van der Waals surface area contributed by atoms with Crippen molar-refractivity contribution >= 4 is 29.0 Å². The zero-order chi connectivity index (χ0) is 18.8. The number of rotatable bonds is 5. The van der Waals surface area contributed by atoms with Crippen LogP contribution < -0.4 is 10.6 Å². The molecule has 0 unspecified atom stereocenters. The summed E-state index contributed by atoms with van der Waals surface area (Å²) >= 11 is 6.03. The number of nitrogens with one attached hydrogen (secondary N) is 2. The van der Waals surface area contributed by atoms with Gasteiger partial charge in [0.1, 0.15) is 5.82 Å². The van der Waals surface area contributed by atoms with Crippen molar-refractivity contribution < 1.29 is 9.53 Å². The molecule has 2 heterocycles. The molecule has 1 aliphatic heterocycles. The van der Waals surface area contributed by atoms with Gasteiger partial charge in [0, 0.05) is 36.2 Å². The van der Waals surface area contributed by atoms with Crippen LogP contribution in [0.1, 0.15) is 53.1 Å². The van der Waals surface area contributed by atoms with E-state index in [1.54, 1.807) is 6.20 Å². The van der Waals surface area contributed by atoms with Crippen molar-refractivity contribution in [2.45, 2.75) is 44.6 Å². The quantitative estimate of drug-likeness (QED) is 0.791. The van der Waals surface area contributed by atoms with Crippen LogP contribution in [0, 0.1) is 6.92 Å². The molecule has 1 aromatic heterocycles.